The summed E-state index contributed by atoms with van der Waals surface area (Å²) >= 11 is 0. The van der Waals surface area contributed by atoms with Gasteiger partial charge in [-0.3, -0.25) is 0 Å². The Hall–Kier alpha value is -1.79. The van der Waals surface area contributed by atoms with Gasteiger partial charge in [0, 0.05) is 45.6 Å². The Bertz CT molecular complexity index is 573. The van der Waals surface area contributed by atoms with Gasteiger partial charge in [-0.25, -0.2) is 4.79 Å². The number of carbonyl (C=O) groups excluding carboxylic acids is 1. The fourth-order valence-corrected chi connectivity index (χ4v) is 3.35. The Morgan fingerprint density at radius 3 is 2.76 bits per heavy atom. The fourth-order valence-electron chi connectivity index (χ4n) is 3.35. The quantitative estimate of drug-likeness (QED) is 0.904. The van der Waals surface area contributed by atoms with E-state index < -0.39 is 0 Å². The highest BCUT2D eigenvalue weighted by atomic mass is 16.5. The number of nitrogens with zero attached hydrogens (tertiary/aromatic N) is 2. The van der Waals surface area contributed by atoms with Crippen molar-refractivity contribution in [1.29, 1.82) is 0 Å². The first-order chi connectivity index (χ1) is 12.1. The Kier molecular flexibility index (Phi) is 6.15. The second kappa shape index (κ2) is 8.54. The molecule has 2 aliphatic heterocycles. The molecule has 2 aliphatic rings. The standard InChI is InChI=1S/C19H29N3O3/c1-15-5-3-4-6-18(15)25-16-7-9-22(10-8-16)19(23)20-13-17-14-21(2)11-12-24-17/h3-6,16-17H,7-14H2,1-2H3,(H,20,23)/t17-/m1/s1. The predicted molar refractivity (Wildman–Crippen MR) is 97.0 cm³/mol. The molecule has 6 nitrogen and oxygen atoms in total. The second-order valence-corrected chi connectivity index (χ2v) is 7.01. The number of nitrogens with one attached hydrogen (secondary N) is 1. The van der Waals surface area contributed by atoms with E-state index in [9.17, 15) is 4.79 Å². The summed E-state index contributed by atoms with van der Waals surface area (Å²) in [5.41, 5.74) is 1.15. The first-order valence-corrected chi connectivity index (χ1v) is 9.17. The van der Waals surface area contributed by atoms with E-state index in [1.54, 1.807) is 0 Å². The number of hydrogen-bond donors (Lipinski definition) is 1. The highest BCUT2D eigenvalue weighted by Crippen LogP contribution is 2.22. The molecule has 2 fully saturated rings. The number of morpholine rings is 1. The molecule has 0 aromatic heterocycles. The molecule has 1 aromatic rings. The zero-order valence-electron chi connectivity index (χ0n) is 15.2. The van der Waals surface area contributed by atoms with E-state index in [4.69, 9.17) is 9.47 Å². The number of rotatable bonds is 4. The summed E-state index contributed by atoms with van der Waals surface area (Å²) in [5.74, 6) is 0.948. The smallest absolute Gasteiger partial charge is 0.317 e. The van der Waals surface area contributed by atoms with Crippen LogP contribution in [0, 0.1) is 6.92 Å². The van der Waals surface area contributed by atoms with Crippen molar-refractivity contribution in [2.75, 3.05) is 46.4 Å². The number of hydrogen-bond acceptors (Lipinski definition) is 4. The molecule has 1 atom stereocenters. The highest BCUT2D eigenvalue weighted by Gasteiger charge is 2.25. The lowest BCUT2D eigenvalue weighted by molar-refractivity contribution is -0.0174. The van der Waals surface area contributed by atoms with Crippen molar-refractivity contribution in [1.82, 2.24) is 15.1 Å². The second-order valence-electron chi connectivity index (χ2n) is 7.01. The summed E-state index contributed by atoms with van der Waals surface area (Å²) < 4.78 is 11.8. The average molecular weight is 347 g/mol. The van der Waals surface area contributed by atoms with Crippen molar-refractivity contribution in [2.45, 2.75) is 32.0 Å². The third kappa shape index (κ3) is 5.09. The van der Waals surface area contributed by atoms with Crippen molar-refractivity contribution < 1.29 is 14.3 Å². The molecule has 138 valence electrons. The van der Waals surface area contributed by atoms with Gasteiger partial charge < -0.3 is 24.6 Å². The van der Waals surface area contributed by atoms with Gasteiger partial charge in [-0.05, 0) is 25.6 Å². The van der Waals surface area contributed by atoms with Crippen LogP contribution in [-0.4, -0.2) is 74.4 Å². The number of urea groups is 1. The minimum atomic E-state index is 0.00571. The first-order valence-electron chi connectivity index (χ1n) is 9.17. The molecule has 25 heavy (non-hydrogen) atoms. The maximum atomic E-state index is 12.3. The van der Waals surface area contributed by atoms with Crippen LogP contribution in [0.2, 0.25) is 0 Å². The lowest BCUT2D eigenvalue weighted by atomic mass is 10.1. The van der Waals surface area contributed by atoms with Crippen LogP contribution in [0.4, 0.5) is 4.79 Å². The monoisotopic (exact) mass is 347 g/mol. The number of aryl methyl sites for hydroxylation is 1. The number of amides is 2. The summed E-state index contributed by atoms with van der Waals surface area (Å²) in [6, 6.07) is 8.09. The van der Waals surface area contributed by atoms with Crippen molar-refractivity contribution >= 4 is 6.03 Å². The van der Waals surface area contributed by atoms with Gasteiger partial charge in [0.2, 0.25) is 0 Å². The van der Waals surface area contributed by atoms with E-state index >= 15 is 0 Å². The lowest BCUT2D eigenvalue weighted by Crippen LogP contribution is -2.51. The minimum absolute atomic E-state index is 0.00571. The number of para-hydroxylation sites is 1. The lowest BCUT2D eigenvalue weighted by Gasteiger charge is -2.34. The third-order valence-corrected chi connectivity index (χ3v) is 4.94. The van der Waals surface area contributed by atoms with Crippen molar-refractivity contribution in [3.63, 3.8) is 0 Å². The Morgan fingerprint density at radius 2 is 2.04 bits per heavy atom. The summed E-state index contributed by atoms with van der Waals surface area (Å²) in [6.45, 7) is 6.65. The van der Waals surface area contributed by atoms with E-state index in [2.05, 4.69) is 30.3 Å². The van der Waals surface area contributed by atoms with Gasteiger partial charge in [0.05, 0.1) is 12.7 Å². The van der Waals surface area contributed by atoms with Crippen LogP contribution in [0.15, 0.2) is 24.3 Å². The van der Waals surface area contributed by atoms with E-state index in [0.717, 1.165) is 56.9 Å². The van der Waals surface area contributed by atoms with E-state index in [1.165, 1.54) is 0 Å². The molecule has 0 saturated carbocycles. The molecule has 0 radical (unpaired) electrons. The summed E-state index contributed by atoms with van der Waals surface area (Å²) in [5, 5.41) is 3.01. The van der Waals surface area contributed by atoms with Crippen molar-refractivity contribution in [2.24, 2.45) is 0 Å². The molecule has 0 bridgehead atoms. The number of ether oxygens (including phenoxy) is 2. The number of likely N-dealkylation sites (N-methyl/N-ethyl adjacent to an activating group) is 1. The van der Waals surface area contributed by atoms with Crippen LogP contribution in [0.1, 0.15) is 18.4 Å². The van der Waals surface area contributed by atoms with Crippen LogP contribution in [0.5, 0.6) is 5.75 Å². The van der Waals surface area contributed by atoms with Crippen molar-refractivity contribution in [3.8, 4) is 5.75 Å². The highest BCUT2D eigenvalue weighted by molar-refractivity contribution is 5.74. The van der Waals surface area contributed by atoms with Gasteiger partial charge >= 0.3 is 6.03 Å². The molecule has 0 unspecified atom stereocenters. The number of piperidine rings is 1. The van der Waals surface area contributed by atoms with Crippen LogP contribution >= 0.6 is 0 Å². The molecule has 2 heterocycles. The number of carbonyl (C=O) groups is 1. The molecule has 0 aliphatic carbocycles. The predicted octanol–water partition coefficient (Wildman–Crippen LogP) is 1.88. The molecule has 6 heteroatoms. The summed E-state index contributed by atoms with van der Waals surface area (Å²) in [7, 11) is 2.08. The van der Waals surface area contributed by atoms with Gasteiger partial charge in [0.25, 0.3) is 0 Å². The van der Waals surface area contributed by atoms with E-state index in [-0.39, 0.29) is 18.2 Å². The SMILES string of the molecule is Cc1ccccc1OC1CCN(C(=O)NC[C@@H]2CN(C)CCO2)CC1. The van der Waals surface area contributed by atoms with Crippen LogP contribution in [-0.2, 0) is 4.74 Å². The topological polar surface area (TPSA) is 54.0 Å². The normalized spacial score (nSPS) is 22.6. The summed E-state index contributed by atoms with van der Waals surface area (Å²) in [6.07, 6.45) is 2.00. The molecule has 0 spiro atoms. The Morgan fingerprint density at radius 1 is 1.28 bits per heavy atom. The third-order valence-electron chi connectivity index (χ3n) is 4.94. The maximum Gasteiger partial charge on any atom is 0.317 e. The Labute approximate surface area is 150 Å². The number of benzene rings is 1. The molecule has 3 rings (SSSR count). The van der Waals surface area contributed by atoms with Crippen LogP contribution in [0.25, 0.3) is 0 Å². The van der Waals surface area contributed by atoms with E-state index in [1.807, 2.05) is 23.1 Å². The van der Waals surface area contributed by atoms with Gasteiger partial charge in [-0.1, -0.05) is 18.2 Å². The average Bonchev–Trinajstić information content (AvgIpc) is 2.62. The number of likely N-dealkylation sites (tertiary alicyclic amines) is 1. The molecular weight excluding hydrogens is 318 g/mol. The Balaban J connectivity index is 1.39. The maximum absolute atomic E-state index is 12.3. The molecular formula is C19H29N3O3. The zero-order chi connectivity index (χ0) is 17.6. The molecule has 2 saturated heterocycles. The fraction of sp³-hybridized carbons (Fsp3) is 0.632. The van der Waals surface area contributed by atoms with Gasteiger partial charge in [-0.2, -0.15) is 0 Å². The minimum Gasteiger partial charge on any atom is -0.490 e. The molecule has 2 amide bonds. The van der Waals surface area contributed by atoms with Crippen LogP contribution in [0.3, 0.4) is 0 Å². The summed E-state index contributed by atoms with van der Waals surface area (Å²) in [4.78, 5) is 16.5. The first kappa shape index (κ1) is 18.0. The largest absolute Gasteiger partial charge is 0.490 e. The zero-order valence-corrected chi connectivity index (χ0v) is 15.2. The van der Waals surface area contributed by atoms with Gasteiger partial charge in [0.1, 0.15) is 11.9 Å². The van der Waals surface area contributed by atoms with Gasteiger partial charge in [0.15, 0.2) is 0 Å². The molecule has 1 aromatic carbocycles. The van der Waals surface area contributed by atoms with Crippen LogP contribution < -0.4 is 10.1 Å². The van der Waals surface area contributed by atoms with E-state index in [0.29, 0.717) is 6.54 Å². The molecule has 1 N–H and O–H groups in total. The van der Waals surface area contributed by atoms with Crippen molar-refractivity contribution in [3.05, 3.63) is 29.8 Å². The van der Waals surface area contributed by atoms with Gasteiger partial charge in [-0.15, -0.1) is 0 Å².